The van der Waals surface area contributed by atoms with E-state index in [2.05, 4.69) is 24.5 Å². The largest absolute Gasteiger partial charge is 0.444 e. The Morgan fingerprint density at radius 1 is 0.902 bits per heavy atom. The van der Waals surface area contributed by atoms with Crippen molar-refractivity contribution in [2.75, 3.05) is 13.1 Å². The molecule has 0 radical (unpaired) electrons. The van der Waals surface area contributed by atoms with Gasteiger partial charge < -0.3 is 20.3 Å². The zero-order valence-corrected chi connectivity index (χ0v) is 26.2. The van der Waals surface area contributed by atoms with Crippen LogP contribution in [0.1, 0.15) is 101 Å². The first-order valence-electron chi connectivity index (χ1n) is 15.2. The summed E-state index contributed by atoms with van der Waals surface area (Å²) >= 11 is 0. The van der Waals surface area contributed by atoms with Crippen LogP contribution in [0.15, 0.2) is 48.5 Å². The van der Waals surface area contributed by atoms with Crippen molar-refractivity contribution >= 4 is 17.9 Å². The van der Waals surface area contributed by atoms with E-state index in [0.29, 0.717) is 13.1 Å². The zero-order chi connectivity index (χ0) is 30.4. The van der Waals surface area contributed by atoms with Gasteiger partial charge in [-0.15, -0.1) is 0 Å². The maximum absolute atomic E-state index is 14.5. The van der Waals surface area contributed by atoms with Crippen molar-refractivity contribution in [3.63, 3.8) is 0 Å². The number of nitrogens with one attached hydrogen (secondary N) is 2. The van der Waals surface area contributed by atoms with Gasteiger partial charge in [-0.1, -0.05) is 93.6 Å². The highest BCUT2D eigenvalue weighted by atomic mass is 16.6. The molecule has 41 heavy (non-hydrogen) atoms. The Kier molecular flexibility index (Phi) is 13.9. The molecule has 7 nitrogen and oxygen atoms in total. The number of rotatable bonds is 15. The maximum atomic E-state index is 14.5. The molecule has 7 heteroatoms. The number of alkyl carbamates (subject to hydrolysis) is 1. The molecule has 2 rings (SSSR count). The number of carbonyl (C=O) groups is 3. The van der Waals surface area contributed by atoms with Gasteiger partial charge in [0.15, 0.2) is 0 Å². The average Bonchev–Trinajstić information content (AvgIpc) is 2.90. The molecular formula is C34H51N3O4. The van der Waals surface area contributed by atoms with E-state index in [1.54, 1.807) is 25.7 Å². The van der Waals surface area contributed by atoms with Crippen LogP contribution in [0.3, 0.4) is 0 Å². The van der Waals surface area contributed by atoms with Gasteiger partial charge in [0.25, 0.3) is 0 Å². The molecule has 0 fully saturated rings. The molecule has 3 amide bonds. The number of hydrogen-bond acceptors (Lipinski definition) is 4. The van der Waals surface area contributed by atoms with Gasteiger partial charge >= 0.3 is 6.09 Å². The smallest absolute Gasteiger partial charge is 0.408 e. The van der Waals surface area contributed by atoms with Crippen molar-refractivity contribution in [2.24, 2.45) is 0 Å². The lowest BCUT2D eigenvalue weighted by Gasteiger charge is -2.35. The standard InChI is InChI=1S/C34H51N3O4/c1-8-10-15-21-35-31(38)30(28-20-19-25(3)23-26(28)4)37(22-16-11-9-2)32(39)29(24-27-17-13-12-14-18-27)36-33(40)41-34(5,6)7/h12-14,17-20,23,29-30H,8-11,15-16,21-22,24H2,1-7H3,(H,35,38)(H,36,40). The maximum Gasteiger partial charge on any atom is 0.408 e. The summed E-state index contributed by atoms with van der Waals surface area (Å²) in [5.41, 5.74) is 3.02. The van der Waals surface area contributed by atoms with Gasteiger partial charge in [-0.3, -0.25) is 9.59 Å². The highest BCUT2D eigenvalue weighted by Gasteiger charge is 2.36. The molecule has 0 heterocycles. The predicted octanol–water partition coefficient (Wildman–Crippen LogP) is 6.81. The minimum Gasteiger partial charge on any atom is -0.444 e. The lowest BCUT2D eigenvalue weighted by molar-refractivity contribution is -0.142. The molecule has 0 aromatic heterocycles. The summed E-state index contributed by atoms with van der Waals surface area (Å²) in [6, 6.07) is 13.8. The first-order chi connectivity index (χ1) is 19.5. The summed E-state index contributed by atoms with van der Waals surface area (Å²) in [6.45, 7) is 14.5. The Labute approximate surface area is 247 Å². The molecular weight excluding hydrogens is 514 g/mol. The molecule has 0 aliphatic heterocycles. The molecule has 0 aliphatic carbocycles. The fraction of sp³-hybridized carbons (Fsp3) is 0.559. The zero-order valence-electron chi connectivity index (χ0n) is 26.2. The average molecular weight is 566 g/mol. The van der Waals surface area contributed by atoms with Crippen LogP contribution in [-0.2, 0) is 20.7 Å². The summed E-state index contributed by atoms with van der Waals surface area (Å²) in [5, 5.41) is 5.94. The molecule has 0 aliphatic rings. The van der Waals surface area contributed by atoms with Gasteiger partial charge in [0.2, 0.25) is 11.8 Å². The summed E-state index contributed by atoms with van der Waals surface area (Å²) in [5.74, 6) is -0.502. The molecule has 226 valence electrons. The van der Waals surface area contributed by atoms with Gasteiger partial charge in [0.05, 0.1) is 0 Å². The second-order valence-corrected chi connectivity index (χ2v) is 11.9. The number of carbonyl (C=O) groups excluding carboxylic acids is 3. The van der Waals surface area contributed by atoms with Gasteiger partial charge in [-0.2, -0.15) is 0 Å². The van der Waals surface area contributed by atoms with E-state index in [-0.39, 0.29) is 18.2 Å². The van der Waals surface area contributed by atoms with Crippen molar-refractivity contribution < 1.29 is 19.1 Å². The van der Waals surface area contributed by atoms with Gasteiger partial charge in [0.1, 0.15) is 17.7 Å². The number of amides is 3. The molecule has 2 unspecified atom stereocenters. The van der Waals surface area contributed by atoms with E-state index < -0.39 is 23.8 Å². The predicted molar refractivity (Wildman–Crippen MR) is 166 cm³/mol. The summed E-state index contributed by atoms with van der Waals surface area (Å²) < 4.78 is 5.54. The van der Waals surface area contributed by atoms with Crippen LogP contribution >= 0.6 is 0 Å². The van der Waals surface area contributed by atoms with Crippen molar-refractivity contribution in [1.82, 2.24) is 15.5 Å². The number of nitrogens with zero attached hydrogens (tertiary/aromatic N) is 1. The van der Waals surface area contributed by atoms with E-state index in [0.717, 1.165) is 60.8 Å². The van der Waals surface area contributed by atoms with Crippen LogP contribution in [0.2, 0.25) is 0 Å². The third-order valence-corrected chi connectivity index (χ3v) is 6.92. The Bertz CT molecular complexity index is 1110. The Morgan fingerprint density at radius 3 is 2.17 bits per heavy atom. The van der Waals surface area contributed by atoms with Crippen molar-refractivity contribution in [3.8, 4) is 0 Å². The third-order valence-electron chi connectivity index (χ3n) is 6.92. The van der Waals surface area contributed by atoms with E-state index in [1.165, 1.54) is 0 Å². The molecule has 0 spiro atoms. The van der Waals surface area contributed by atoms with Crippen molar-refractivity contribution in [1.29, 1.82) is 0 Å². The van der Waals surface area contributed by atoms with Crippen LogP contribution in [0.5, 0.6) is 0 Å². The number of ether oxygens (including phenoxy) is 1. The van der Waals surface area contributed by atoms with Crippen LogP contribution < -0.4 is 10.6 Å². The number of aryl methyl sites for hydroxylation is 2. The lowest BCUT2D eigenvalue weighted by atomic mass is 9.95. The van der Waals surface area contributed by atoms with E-state index in [9.17, 15) is 14.4 Å². The van der Waals surface area contributed by atoms with Crippen LogP contribution in [-0.4, -0.2) is 47.5 Å². The second kappa shape index (κ2) is 16.8. The lowest BCUT2D eigenvalue weighted by Crippen LogP contribution is -2.54. The summed E-state index contributed by atoms with van der Waals surface area (Å²) in [4.78, 5) is 43.0. The fourth-order valence-corrected chi connectivity index (χ4v) is 4.86. The minimum absolute atomic E-state index is 0.200. The molecule has 2 aromatic rings. The Morgan fingerprint density at radius 2 is 1.56 bits per heavy atom. The first kappa shape index (κ1) is 33.9. The minimum atomic E-state index is -0.907. The normalized spacial score (nSPS) is 12.8. The van der Waals surface area contributed by atoms with Crippen LogP contribution in [0.4, 0.5) is 4.79 Å². The van der Waals surface area contributed by atoms with E-state index >= 15 is 0 Å². The molecule has 2 atom stereocenters. The monoisotopic (exact) mass is 565 g/mol. The van der Waals surface area contributed by atoms with Crippen LogP contribution in [0.25, 0.3) is 0 Å². The molecule has 2 aromatic carbocycles. The molecule has 2 N–H and O–H groups in total. The van der Waals surface area contributed by atoms with Crippen molar-refractivity contribution in [2.45, 2.75) is 111 Å². The molecule has 0 saturated carbocycles. The quantitative estimate of drug-likeness (QED) is 0.232. The second-order valence-electron chi connectivity index (χ2n) is 11.9. The number of hydrogen-bond donors (Lipinski definition) is 2. The van der Waals surface area contributed by atoms with E-state index in [1.807, 2.05) is 62.4 Å². The third kappa shape index (κ3) is 11.6. The first-order valence-corrected chi connectivity index (χ1v) is 15.2. The highest BCUT2D eigenvalue weighted by Crippen LogP contribution is 2.27. The van der Waals surface area contributed by atoms with Gasteiger partial charge in [-0.05, 0) is 64.2 Å². The van der Waals surface area contributed by atoms with Crippen LogP contribution in [0, 0.1) is 13.8 Å². The van der Waals surface area contributed by atoms with Crippen molar-refractivity contribution in [3.05, 3.63) is 70.8 Å². The van der Waals surface area contributed by atoms with E-state index in [4.69, 9.17) is 4.74 Å². The molecule has 0 saturated heterocycles. The van der Waals surface area contributed by atoms with Gasteiger partial charge in [-0.25, -0.2) is 4.79 Å². The summed E-state index contributed by atoms with van der Waals surface area (Å²) in [7, 11) is 0. The Balaban J connectivity index is 2.55. The topological polar surface area (TPSA) is 87.7 Å². The SMILES string of the molecule is CCCCCNC(=O)C(c1ccc(C)cc1C)N(CCCCC)C(=O)C(Cc1ccccc1)NC(=O)OC(C)(C)C. The number of benzene rings is 2. The highest BCUT2D eigenvalue weighted by molar-refractivity contribution is 5.92. The fourth-order valence-electron chi connectivity index (χ4n) is 4.86. The molecule has 0 bridgehead atoms. The Hall–Kier alpha value is -3.35. The van der Waals surface area contributed by atoms with Gasteiger partial charge in [0, 0.05) is 19.5 Å². The summed E-state index contributed by atoms with van der Waals surface area (Å²) in [6.07, 6.45) is 5.21. The number of unbranched alkanes of at least 4 members (excludes halogenated alkanes) is 4.